The van der Waals surface area contributed by atoms with Gasteiger partial charge in [-0.15, -0.1) is 0 Å². The van der Waals surface area contributed by atoms with Gasteiger partial charge >= 0.3 is 5.97 Å². The summed E-state index contributed by atoms with van der Waals surface area (Å²) in [6.07, 6.45) is 1.85. The number of carboxylic acids is 1. The highest BCUT2D eigenvalue weighted by Crippen LogP contribution is 2.36. The molecule has 2 aromatic rings. The molecular formula is C25H29N3O4S. The summed E-state index contributed by atoms with van der Waals surface area (Å²) in [5.41, 5.74) is 2.71. The van der Waals surface area contributed by atoms with E-state index in [1.54, 1.807) is 17.0 Å². The van der Waals surface area contributed by atoms with E-state index in [9.17, 15) is 9.59 Å². The van der Waals surface area contributed by atoms with Gasteiger partial charge in [-0.3, -0.25) is 9.69 Å². The molecule has 0 spiro atoms. The summed E-state index contributed by atoms with van der Waals surface area (Å²) in [6, 6.07) is 12.3. The van der Waals surface area contributed by atoms with Gasteiger partial charge in [-0.2, -0.15) is 0 Å². The van der Waals surface area contributed by atoms with Crippen molar-refractivity contribution >= 4 is 46.3 Å². The number of ether oxygens (including phenoxy) is 1. The molecule has 0 bridgehead atoms. The van der Waals surface area contributed by atoms with Gasteiger partial charge in [-0.1, -0.05) is 0 Å². The first-order chi connectivity index (χ1) is 15.9. The Kier molecular flexibility index (Phi) is 8.16. The molecule has 3 rings (SSSR count). The summed E-state index contributed by atoms with van der Waals surface area (Å²) in [5.74, 6) is -0.365. The van der Waals surface area contributed by atoms with Crippen molar-refractivity contribution in [2.75, 3.05) is 31.1 Å². The SMILES string of the molecule is CCOc1cc(N(CC)CC)ccc1/C=C1\SC(=Nc2ccc(C(=O)O)cc2)N(CC)C1=O. The first kappa shape index (κ1) is 24.4. The van der Waals surface area contributed by atoms with Gasteiger partial charge in [0.15, 0.2) is 5.17 Å². The van der Waals surface area contributed by atoms with Crippen LogP contribution in [0.3, 0.4) is 0 Å². The Bertz CT molecular complexity index is 1080. The smallest absolute Gasteiger partial charge is 0.335 e. The van der Waals surface area contributed by atoms with E-state index in [0.717, 1.165) is 30.1 Å². The number of aliphatic imine (C=N–C) groups is 1. The van der Waals surface area contributed by atoms with Crippen LogP contribution < -0.4 is 9.64 Å². The van der Waals surface area contributed by atoms with E-state index in [-0.39, 0.29) is 11.5 Å². The molecule has 174 valence electrons. The maximum atomic E-state index is 13.1. The molecule has 1 aliphatic rings. The number of anilines is 1. The average Bonchev–Trinajstić information content (AvgIpc) is 3.10. The fraction of sp³-hybridized carbons (Fsp3) is 0.320. The highest BCUT2D eigenvalue weighted by Gasteiger charge is 2.32. The van der Waals surface area contributed by atoms with Gasteiger partial charge in [0.1, 0.15) is 5.75 Å². The van der Waals surface area contributed by atoms with Gasteiger partial charge in [-0.25, -0.2) is 9.79 Å². The van der Waals surface area contributed by atoms with E-state index in [2.05, 4.69) is 23.7 Å². The Morgan fingerprint density at radius 2 is 1.82 bits per heavy atom. The Balaban J connectivity index is 1.93. The van der Waals surface area contributed by atoms with Crippen LogP contribution in [0.15, 0.2) is 52.4 Å². The second kappa shape index (κ2) is 11.0. The highest BCUT2D eigenvalue weighted by molar-refractivity contribution is 8.18. The molecule has 0 radical (unpaired) electrons. The maximum absolute atomic E-state index is 13.1. The molecule has 0 saturated carbocycles. The number of benzene rings is 2. The van der Waals surface area contributed by atoms with Gasteiger partial charge < -0.3 is 14.7 Å². The zero-order valence-electron chi connectivity index (χ0n) is 19.4. The fourth-order valence-corrected chi connectivity index (χ4v) is 4.56. The van der Waals surface area contributed by atoms with Crippen molar-refractivity contribution in [3.63, 3.8) is 0 Å². The lowest BCUT2D eigenvalue weighted by atomic mass is 10.1. The molecule has 8 heteroatoms. The van der Waals surface area contributed by atoms with Crippen molar-refractivity contribution < 1.29 is 19.4 Å². The van der Waals surface area contributed by atoms with E-state index < -0.39 is 5.97 Å². The second-order valence-corrected chi connectivity index (χ2v) is 8.24. The second-order valence-electron chi connectivity index (χ2n) is 7.23. The number of nitrogens with zero attached hydrogens (tertiary/aromatic N) is 3. The standard InChI is InChI=1S/C25H29N3O4S/c1-5-27(6-2)20-14-11-18(21(16-20)32-8-4)15-22-23(29)28(7-3)25(33-22)26-19-12-9-17(10-13-19)24(30)31/h9-16H,5-8H2,1-4H3,(H,30,31)/b22-15-,26-25?. The van der Waals surface area contributed by atoms with Crippen LogP contribution in [0.25, 0.3) is 6.08 Å². The van der Waals surface area contributed by atoms with E-state index in [1.807, 2.05) is 38.1 Å². The summed E-state index contributed by atoms with van der Waals surface area (Å²) in [4.78, 5) is 33.1. The van der Waals surface area contributed by atoms with Gasteiger partial charge in [0.25, 0.3) is 5.91 Å². The van der Waals surface area contributed by atoms with Crippen molar-refractivity contribution in [2.24, 2.45) is 4.99 Å². The van der Waals surface area contributed by atoms with Crippen LogP contribution in [0.2, 0.25) is 0 Å². The molecule has 0 aromatic heterocycles. The summed E-state index contributed by atoms with van der Waals surface area (Å²) >= 11 is 1.30. The first-order valence-electron chi connectivity index (χ1n) is 11.1. The van der Waals surface area contributed by atoms with E-state index in [0.29, 0.717) is 28.9 Å². The predicted octanol–water partition coefficient (Wildman–Crippen LogP) is 5.25. The molecule has 0 unspecified atom stereocenters. The molecule has 0 aliphatic carbocycles. The number of carbonyl (C=O) groups is 2. The van der Waals surface area contributed by atoms with Crippen LogP contribution >= 0.6 is 11.8 Å². The summed E-state index contributed by atoms with van der Waals surface area (Å²) in [5, 5.41) is 9.64. The highest BCUT2D eigenvalue weighted by atomic mass is 32.2. The minimum absolute atomic E-state index is 0.112. The Morgan fingerprint density at radius 1 is 1.12 bits per heavy atom. The van der Waals surface area contributed by atoms with E-state index in [4.69, 9.17) is 9.84 Å². The monoisotopic (exact) mass is 467 g/mol. The van der Waals surface area contributed by atoms with Gasteiger partial charge in [0.2, 0.25) is 0 Å². The molecule has 1 N–H and O–H groups in total. The lowest BCUT2D eigenvalue weighted by molar-refractivity contribution is -0.122. The van der Waals surface area contributed by atoms with Crippen molar-refractivity contribution in [1.82, 2.24) is 4.90 Å². The number of rotatable bonds is 9. The van der Waals surface area contributed by atoms with Crippen molar-refractivity contribution in [1.29, 1.82) is 0 Å². The molecule has 1 fully saturated rings. The van der Waals surface area contributed by atoms with E-state index >= 15 is 0 Å². The van der Waals surface area contributed by atoms with Crippen LogP contribution in [0.5, 0.6) is 5.75 Å². The Hall–Kier alpha value is -3.26. The Morgan fingerprint density at radius 3 is 2.39 bits per heavy atom. The number of hydrogen-bond acceptors (Lipinski definition) is 6. The minimum atomic E-state index is -0.989. The van der Waals surface area contributed by atoms with Gasteiger partial charge in [-0.05, 0) is 81.9 Å². The molecule has 2 aromatic carbocycles. The average molecular weight is 468 g/mol. The van der Waals surface area contributed by atoms with Crippen LogP contribution in [0.1, 0.15) is 43.6 Å². The normalized spacial score (nSPS) is 16.0. The third kappa shape index (κ3) is 5.57. The molecule has 0 atom stereocenters. The third-order valence-electron chi connectivity index (χ3n) is 5.26. The number of likely N-dealkylation sites (N-methyl/N-ethyl adjacent to an activating group) is 1. The van der Waals surface area contributed by atoms with Crippen LogP contribution in [0, 0.1) is 0 Å². The van der Waals surface area contributed by atoms with Crippen LogP contribution in [0.4, 0.5) is 11.4 Å². The predicted molar refractivity (Wildman–Crippen MR) is 135 cm³/mol. The molecule has 7 nitrogen and oxygen atoms in total. The number of carbonyl (C=O) groups excluding carboxylic acids is 1. The third-order valence-corrected chi connectivity index (χ3v) is 6.26. The zero-order chi connectivity index (χ0) is 24.0. The number of hydrogen-bond donors (Lipinski definition) is 1. The molecule has 1 heterocycles. The lowest BCUT2D eigenvalue weighted by Gasteiger charge is -2.22. The minimum Gasteiger partial charge on any atom is -0.493 e. The summed E-state index contributed by atoms with van der Waals surface area (Å²) in [6.45, 7) is 10.9. The lowest BCUT2D eigenvalue weighted by Crippen LogP contribution is -2.28. The summed E-state index contributed by atoms with van der Waals surface area (Å²) < 4.78 is 5.88. The quantitative estimate of drug-likeness (QED) is 0.507. The summed E-state index contributed by atoms with van der Waals surface area (Å²) in [7, 11) is 0. The first-order valence-corrected chi connectivity index (χ1v) is 11.9. The van der Waals surface area contributed by atoms with Crippen molar-refractivity contribution in [3.8, 4) is 5.75 Å². The molecule has 33 heavy (non-hydrogen) atoms. The number of aromatic carboxylic acids is 1. The van der Waals surface area contributed by atoms with Crippen LogP contribution in [-0.4, -0.2) is 53.3 Å². The number of amidine groups is 1. The Labute approximate surface area is 198 Å². The van der Waals surface area contributed by atoms with Crippen molar-refractivity contribution in [2.45, 2.75) is 27.7 Å². The number of carboxylic acid groups (broad SMARTS) is 1. The van der Waals surface area contributed by atoms with Gasteiger partial charge in [0, 0.05) is 37.0 Å². The van der Waals surface area contributed by atoms with Crippen molar-refractivity contribution in [3.05, 3.63) is 58.5 Å². The molecule has 1 amide bonds. The topological polar surface area (TPSA) is 82.4 Å². The maximum Gasteiger partial charge on any atom is 0.335 e. The molecular weight excluding hydrogens is 438 g/mol. The molecule has 1 saturated heterocycles. The number of amides is 1. The van der Waals surface area contributed by atoms with E-state index in [1.165, 1.54) is 23.9 Å². The van der Waals surface area contributed by atoms with Crippen LogP contribution in [-0.2, 0) is 4.79 Å². The zero-order valence-corrected chi connectivity index (χ0v) is 20.2. The molecule has 1 aliphatic heterocycles. The number of thioether (sulfide) groups is 1. The largest absolute Gasteiger partial charge is 0.493 e. The van der Waals surface area contributed by atoms with Gasteiger partial charge in [0.05, 0.1) is 22.8 Å². The fourth-order valence-electron chi connectivity index (χ4n) is 3.51.